The zero-order valence-electron chi connectivity index (χ0n) is 34.7. The minimum absolute atomic E-state index is 0.104. The van der Waals surface area contributed by atoms with Gasteiger partial charge in [-0.25, -0.2) is 9.36 Å². The van der Waals surface area contributed by atoms with Gasteiger partial charge in [0, 0.05) is 12.8 Å². The van der Waals surface area contributed by atoms with Crippen molar-refractivity contribution in [1.29, 1.82) is 0 Å². The van der Waals surface area contributed by atoms with Gasteiger partial charge in [0.1, 0.15) is 12.7 Å². The molecule has 0 aromatic rings. The van der Waals surface area contributed by atoms with E-state index in [0.717, 1.165) is 70.6 Å². The van der Waals surface area contributed by atoms with Crippen molar-refractivity contribution in [2.75, 3.05) is 19.8 Å². The average molecular weight is 810 g/mol. The number of nitrogens with one attached hydrogen (secondary N) is 1. The van der Waals surface area contributed by atoms with E-state index in [-0.39, 0.29) is 12.8 Å². The van der Waals surface area contributed by atoms with Crippen LogP contribution >= 0.6 is 7.82 Å². The summed E-state index contributed by atoms with van der Waals surface area (Å²) in [5, 5.41) is 21.8. The smallest absolute Gasteiger partial charge is 0.472 e. The number of carbonyl (C=O) groups excluding carboxylic acids is 2. The Bertz CT molecular complexity index is 1180. The second-order valence-corrected chi connectivity index (χ2v) is 15.6. The molecule has 0 fully saturated rings. The number of aliphatic hydroxyl groups is 1. The number of aliphatic carboxylic acids is 1. The topological polar surface area (TPSA) is 169 Å². The van der Waals surface area contributed by atoms with Crippen LogP contribution in [0.15, 0.2) is 60.8 Å². The Balaban J connectivity index is 3.99. The van der Waals surface area contributed by atoms with Gasteiger partial charge in [-0.2, -0.15) is 0 Å². The zero-order valence-corrected chi connectivity index (χ0v) is 35.6. The number of phosphoric acid groups is 1. The maximum atomic E-state index is 12.3. The number of esters is 1. The third-order valence-corrected chi connectivity index (χ3v) is 9.77. The molecule has 4 N–H and O–H groups in total. The van der Waals surface area contributed by atoms with Gasteiger partial charge in [-0.1, -0.05) is 158 Å². The number of hydrogen-bond acceptors (Lipinski definition) is 8. The maximum absolute atomic E-state index is 12.3. The monoisotopic (exact) mass is 810 g/mol. The molecule has 0 heterocycles. The number of aliphatic hydroxyl groups excluding tert-OH is 1. The third-order valence-electron chi connectivity index (χ3n) is 8.82. The lowest BCUT2D eigenvalue weighted by Gasteiger charge is -2.18. The Morgan fingerprint density at radius 2 is 1.04 bits per heavy atom. The molecule has 3 atom stereocenters. The van der Waals surface area contributed by atoms with E-state index in [4.69, 9.17) is 13.8 Å². The van der Waals surface area contributed by atoms with Crippen molar-refractivity contribution in [3.05, 3.63) is 60.8 Å². The lowest BCUT2D eigenvalue weighted by atomic mass is 10.0. The molecule has 12 heteroatoms. The Morgan fingerprint density at radius 1 is 0.589 bits per heavy atom. The molecule has 0 aromatic heterocycles. The zero-order chi connectivity index (χ0) is 41.4. The molecule has 11 nitrogen and oxygen atoms in total. The summed E-state index contributed by atoms with van der Waals surface area (Å²) in [6.07, 6.45) is 43.9. The SMILES string of the molecule is CC/C=C\C/C=C\C/C=C\C/C=C\C/C=C\CCCCCC(=O)NC(COP(=O)(O)OCC(O)COC(=O)CCCCCCCCCCCCCCC)C(=O)O. The van der Waals surface area contributed by atoms with Crippen LogP contribution in [0.3, 0.4) is 0 Å². The van der Waals surface area contributed by atoms with Crippen LogP contribution < -0.4 is 5.32 Å². The van der Waals surface area contributed by atoms with Gasteiger partial charge in [0.25, 0.3) is 0 Å². The molecule has 1 amide bonds. The van der Waals surface area contributed by atoms with Gasteiger partial charge < -0.3 is 25.2 Å². The first-order valence-electron chi connectivity index (χ1n) is 21.3. The first-order chi connectivity index (χ1) is 27.1. The highest BCUT2D eigenvalue weighted by Gasteiger charge is 2.28. The number of amides is 1. The largest absolute Gasteiger partial charge is 0.480 e. The molecular formula is C44H76NO10P. The molecule has 0 radical (unpaired) electrons. The van der Waals surface area contributed by atoms with Crippen molar-refractivity contribution >= 4 is 25.7 Å². The Hall–Kier alpha value is -2.82. The second kappa shape index (κ2) is 39.0. The standard InChI is InChI=1S/C44H76NO10P/c1-3-5-7-9-11-13-15-17-18-19-20-21-22-24-25-27-29-31-33-35-42(47)45-41(44(49)50)39-55-56(51,52)54-38-40(46)37-53-43(48)36-34-32-30-28-26-23-16-14-12-10-8-6-4-2/h5,7,11,13,17-18,20-21,24-25,40-41,46H,3-4,6,8-10,12,14-16,19,22-23,26-39H2,1-2H3,(H,45,47)(H,49,50)(H,51,52)/b7-5-,13-11-,18-17-,21-20-,25-24-. The average Bonchev–Trinajstić information content (AvgIpc) is 3.17. The van der Waals surface area contributed by atoms with E-state index in [0.29, 0.717) is 12.8 Å². The number of phosphoric ester groups is 1. The first-order valence-corrected chi connectivity index (χ1v) is 22.8. The molecule has 0 aliphatic heterocycles. The summed E-state index contributed by atoms with van der Waals surface area (Å²) in [5.74, 6) is -2.42. The van der Waals surface area contributed by atoms with Crippen molar-refractivity contribution in [3.8, 4) is 0 Å². The van der Waals surface area contributed by atoms with Crippen molar-refractivity contribution in [3.63, 3.8) is 0 Å². The highest BCUT2D eigenvalue weighted by Crippen LogP contribution is 2.43. The van der Waals surface area contributed by atoms with Crippen molar-refractivity contribution in [2.45, 2.75) is 180 Å². The molecule has 0 rings (SSSR count). The van der Waals surface area contributed by atoms with Crippen molar-refractivity contribution in [1.82, 2.24) is 5.32 Å². The molecule has 0 spiro atoms. The van der Waals surface area contributed by atoms with E-state index in [1.807, 2.05) is 0 Å². The Labute approximate surface area is 338 Å². The predicted molar refractivity (Wildman–Crippen MR) is 226 cm³/mol. The molecule has 322 valence electrons. The van der Waals surface area contributed by atoms with E-state index in [1.165, 1.54) is 57.8 Å². The summed E-state index contributed by atoms with van der Waals surface area (Å²) < 4.78 is 26.8. The van der Waals surface area contributed by atoms with Crippen LogP contribution in [0.4, 0.5) is 0 Å². The molecule has 0 aliphatic rings. The van der Waals surface area contributed by atoms with Gasteiger partial charge in [0.15, 0.2) is 6.04 Å². The molecular weight excluding hydrogens is 733 g/mol. The number of carboxylic acid groups (broad SMARTS) is 1. The molecule has 56 heavy (non-hydrogen) atoms. The van der Waals surface area contributed by atoms with Crippen LogP contribution in [0.25, 0.3) is 0 Å². The van der Waals surface area contributed by atoms with E-state index in [2.05, 4.69) is 79.9 Å². The highest BCUT2D eigenvalue weighted by molar-refractivity contribution is 7.47. The fourth-order valence-corrected chi connectivity index (χ4v) is 6.29. The van der Waals surface area contributed by atoms with Crippen molar-refractivity contribution in [2.24, 2.45) is 0 Å². The van der Waals surface area contributed by atoms with Gasteiger partial charge >= 0.3 is 19.8 Å². The lowest BCUT2D eigenvalue weighted by Crippen LogP contribution is -2.43. The lowest BCUT2D eigenvalue weighted by molar-refractivity contribution is -0.147. The Morgan fingerprint density at radius 3 is 1.55 bits per heavy atom. The summed E-state index contributed by atoms with van der Waals surface area (Å²) in [6.45, 7) is 2.44. The minimum atomic E-state index is -4.76. The Kier molecular flexibility index (Phi) is 37.1. The van der Waals surface area contributed by atoms with Crippen LogP contribution in [0.5, 0.6) is 0 Å². The highest BCUT2D eigenvalue weighted by atomic mass is 31.2. The fraction of sp³-hybridized carbons (Fsp3) is 0.705. The second-order valence-electron chi connectivity index (χ2n) is 14.2. The minimum Gasteiger partial charge on any atom is -0.480 e. The maximum Gasteiger partial charge on any atom is 0.472 e. The van der Waals surface area contributed by atoms with E-state index in [1.54, 1.807) is 0 Å². The summed E-state index contributed by atoms with van der Waals surface area (Å²) in [4.78, 5) is 45.8. The molecule has 3 unspecified atom stereocenters. The predicted octanol–water partition coefficient (Wildman–Crippen LogP) is 10.8. The van der Waals surface area contributed by atoms with Crippen LogP contribution in [-0.2, 0) is 32.7 Å². The van der Waals surface area contributed by atoms with Crippen LogP contribution in [-0.4, -0.2) is 64.9 Å². The van der Waals surface area contributed by atoms with Gasteiger partial charge in [0.2, 0.25) is 5.91 Å². The van der Waals surface area contributed by atoms with Crippen LogP contribution in [0, 0.1) is 0 Å². The van der Waals surface area contributed by atoms with Gasteiger partial charge in [0.05, 0.1) is 13.2 Å². The van der Waals surface area contributed by atoms with Gasteiger partial charge in [-0.3, -0.25) is 18.6 Å². The fourth-order valence-electron chi connectivity index (χ4n) is 5.52. The normalized spacial score (nSPS) is 14.4. The van der Waals surface area contributed by atoms with Crippen LogP contribution in [0.2, 0.25) is 0 Å². The number of unbranched alkanes of at least 4 members (excludes halogenated alkanes) is 15. The van der Waals surface area contributed by atoms with E-state index < -0.39 is 57.6 Å². The number of allylic oxidation sites excluding steroid dienone is 10. The van der Waals surface area contributed by atoms with Gasteiger partial charge in [-0.05, 0) is 57.8 Å². The summed E-state index contributed by atoms with van der Waals surface area (Å²) in [6, 6.07) is -1.57. The molecule has 0 saturated heterocycles. The quantitative estimate of drug-likeness (QED) is 0.0203. The van der Waals surface area contributed by atoms with E-state index in [9.17, 15) is 34.1 Å². The summed E-state index contributed by atoms with van der Waals surface area (Å²) in [5.41, 5.74) is 0. The number of carboxylic acids is 1. The summed E-state index contributed by atoms with van der Waals surface area (Å²) in [7, 11) is -4.76. The number of carbonyl (C=O) groups is 3. The van der Waals surface area contributed by atoms with Crippen LogP contribution in [0.1, 0.15) is 168 Å². The van der Waals surface area contributed by atoms with Gasteiger partial charge in [-0.15, -0.1) is 0 Å². The molecule has 0 aromatic carbocycles. The third kappa shape index (κ3) is 38.1. The molecule has 0 bridgehead atoms. The van der Waals surface area contributed by atoms with Crippen molar-refractivity contribution < 1.29 is 47.8 Å². The summed E-state index contributed by atoms with van der Waals surface area (Å²) >= 11 is 0. The molecule has 0 saturated carbocycles. The number of ether oxygens (including phenoxy) is 1. The number of rotatable bonds is 39. The molecule has 0 aliphatic carbocycles. The first kappa shape index (κ1) is 53.2. The van der Waals surface area contributed by atoms with E-state index >= 15 is 0 Å². The number of hydrogen-bond donors (Lipinski definition) is 4.